The molecule has 0 unspecified atom stereocenters. The minimum Gasteiger partial charge on any atom is -0.404 e. The van der Waals surface area contributed by atoms with Gasteiger partial charge < -0.3 is 20.4 Å². The van der Waals surface area contributed by atoms with Gasteiger partial charge in [-0.2, -0.15) is 0 Å². The van der Waals surface area contributed by atoms with Gasteiger partial charge in [-0.1, -0.05) is 28.1 Å². The number of hydrogen-bond acceptors (Lipinski definition) is 4. The predicted molar refractivity (Wildman–Crippen MR) is 115 cm³/mol. The summed E-state index contributed by atoms with van der Waals surface area (Å²) in [7, 11) is 0. The normalized spacial score (nSPS) is 11.4. The first-order valence-electron chi connectivity index (χ1n) is 8.95. The number of nitrogens with zero attached hydrogens (tertiary/aromatic N) is 1. The van der Waals surface area contributed by atoms with Crippen LogP contribution in [0.25, 0.3) is 11.0 Å². The van der Waals surface area contributed by atoms with Crippen molar-refractivity contribution in [1.82, 2.24) is 9.97 Å². The molecule has 1 amide bonds. The van der Waals surface area contributed by atoms with E-state index in [4.69, 9.17) is 0 Å². The second kappa shape index (κ2) is 8.31. The Balaban J connectivity index is 1.54. The monoisotopic (exact) mass is 490 g/mol. The van der Waals surface area contributed by atoms with Crippen LogP contribution in [0.15, 0.2) is 71.2 Å². The summed E-state index contributed by atoms with van der Waals surface area (Å²) in [6, 6.07) is 17.7. The molecule has 0 atom stereocenters. The summed E-state index contributed by atoms with van der Waals surface area (Å²) in [6.45, 7) is 0. The van der Waals surface area contributed by atoms with Crippen LogP contribution in [0.2, 0.25) is 0 Å². The molecule has 0 aliphatic heterocycles. The van der Waals surface area contributed by atoms with Crippen molar-refractivity contribution in [2.75, 3.05) is 10.6 Å². The standard InChI is InChI=1S/C21H14BrF3N4O2/c22-13-6-8-14(9-7-13)26-19(30)12-5-10-15-17(11-12)29-20(27-15)28-16-3-1-2-4-18(16)31-21(23,24)25/h1-11H,(H,26,30)(H2,27,28,29). The fraction of sp³-hybridized carbons (Fsp3) is 0.0476. The van der Waals surface area contributed by atoms with Crippen LogP contribution in [0, 0.1) is 0 Å². The van der Waals surface area contributed by atoms with E-state index in [1.807, 2.05) is 12.1 Å². The maximum atomic E-state index is 12.6. The first-order chi connectivity index (χ1) is 14.8. The molecule has 4 aromatic rings. The molecule has 0 bridgehead atoms. The number of fused-ring (bicyclic) bond motifs is 1. The Morgan fingerprint density at radius 2 is 1.77 bits per heavy atom. The molecule has 0 aliphatic rings. The number of ether oxygens (including phenoxy) is 1. The Morgan fingerprint density at radius 1 is 1.03 bits per heavy atom. The summed E-state index contributed by atoms with van der Waals surface area (Å²) in [6.07, 6.45) is -4.82. The Bertz CT molecular complexity index is 1240. The number of anilines is 3. The molecule has 0 aliphatic carbocycles. The molecule has 31 heavy (non-hydrogen) atoms. The Hall–Kier alpha value is -3.53. The number of aromatic nitrogens is 2. The zero-order valence-corrected chi connectivity index (χ0v) is 17.2. The van der Waals surface area contributed by atoms with Crippen LogP contribution < -0.4 is 15.4 Å². The molecule has 1 heterocycles. The lowest BCUT2D eigenvalue weighted by Crippen LogP contribution is -2.17. The van der Waals surface area contributed by atoms with Crippen LogP contribution in [0.1, 0.15) is 10.4 Å². The van der Waals surface area contributed by atoms with Crippen LogP contribution in [0.4, 0.5) is 30.5 Å². The van der Waals surface area contributed by atoms with Gasteiger partial charge in [0.05, 0.1) is 16.7 Å². The number of carbonyl (C=O) groups is 1. The second-order valence-corrected chi connectivity index (χ2v) is 7.36. The topological polar surface area (TPSA) is 79.0 Å². The lowest BCUT2D eigenvalue weighted by molar-refractivity contribution is -0.274. The van der Waals surface area contributed by atoms with Gasteiger partial charge >= 0.3 is 6.36 Å². The number of nitrogens with one attached hydrogen (secondary N) is 3. The van der Waals surface area contributed by atoms with Crippen LogP contribution in [-0.2, 0) is 0 Å². The van der Waals surface area contributed by atoms with Crippen LogP contribution in [0.3, 0.4) is 0 Å². The predicted octanol–water partition coefficient (Wildman–Crippen LogP) is 6.22. The summed E-state index contributed by atoms with van der Waals surface area (Å²) in [5, 5.41) is 5.57. The molecular formula is C21H14BrF3N4O2. The van der Waals surface area contributed by atoms with E-state index in [1.54, 1.807) is 36.4 Å². The van der Waals surface area contributed by atoms with Gasteiger partial charge in [-0.15, -0.1) is 13.2 Å². The highest BCUT2D eigenvalue weighted by Crippen LogP contribution is 2.32. The van der Waals surface area contributed by atoms with Crippen molar-refractivity contribution in [2.24, 2.45) is 0 Å². The quantitative estimate of drug-likeness (QED) is 0.310. The van der Waals surface area contributed by atoms with Gasteiger partial charge in [0.1, 0.15) is 0 Å². The van der Waals surface area contributed by atoms with Gasteiger partial charge in [0.15, 0.2) is 5.75 Å². The van der Waals surface area contributed by atoms with Gasteiger partial charge in [-0.05, 0) is 54.6 Å². The Morgan fingerprint density at radius 3 is 2.52 bits per heavy atom. The summed E-state index contributed by atoms with van der Waals surface area (Å²) < 4.78 is 42.8. The maximum absolute atomic E-state index is 12.6. The first kappa shape index (κ1) is 20.7. The third-order valence-corrected chi connectivity index (χ3v) is 4.74. The molecule has 158 valence electrons. The smallest absolute Gasteiger partial charge is 0.404 e. The van der Waals surface area contributed by atoms with Crippen LogP contribution in [-0.4, -0.2) is 22.2 Å². The molecule has 10 heteroatoms. The van der Waals surface area contributed by atoms with Crippen molar-refractivity contribution >= 4 is 50.2 Å². The van der Waals surface area contributed by atoms with E-state index in [0.717, 1.165) is 4.47 Å². The minimum absolute atomic E-state index is 0.0899. The van der Waals surface area contributed by atoms with E-state index in [-0.39, 0.29) is 23.3 Å². The zero-order valence-electron chi connectivity index (χ0n) is 15.6. The number of hydrogen-bond donors (Lipinski definition) is 3. The zero-order chi connectivity index (χ0) is 22.0. The molecule has 3 N–H and O–H groups in total. The number of carbonyl (C=O) groups excluding carboxylic acids is 1. The molecular weight excluding hydrogens is 477 g/mol. The number of imidazole rings is 1. The molecule has 6 nitrogen and oxygen atoms in total. The Kier molecular flexibility index (Phi) is 5.55. The molecule has 1 aromatic heterocycles. The van der Waals surface area contributed by atoms with Crippen molar-refractivity contribution in [1.29, 1.82) is 0 Å². The lowest BCUT2D eigenvalue weighted by atomic mass is 10.2. The van der Waals surface area contributed by atoms with E-state index >= 15 is 0 Å². The van der Waals surface area contributed by atoms with E-state index in [2.05, 4.69) is 41.3 Å². The number of amides is 1. The molecule has 0 radical (unpaired) electrons. The number of rotatable bonds is 5. The number of aromatic amines is 1. The maximum Gasteiger partial charge on any atom is 0.573 e. The van der Waals surface area contributed by atoms with Gasteiger partial charge in [-0.3, -0.25) is 4.79 Å². The summed E-state index contributed by atoms with van der Waals surface area (Å²) >= 11 is 3.34. The van der Waals surface area contributed by atoms with Crippen molar-refractivity contribution in [2.45, 2.75) is 6.36 Å². The fourth-order valence-corrected chi connectivity index (χ4v) is 3.12. The molecule has 0 saturated heterocycles. The van der Waals surface area contributed by atoms with Gasteiger partial charge in [0, 0.05) is 15.7 Å². The van der Waals surface area contributed by atoms with Crippen molar-refractivity contribution < 1.29 is 22.7 Å². The number of para-hydroxylation sites is 2. The number of halogens is 4. The van der Waals surface area contributed by atoms with Gasteiger partial charge in [-0.25, -0.2) is 4.98 Å². The summed E-state index contributed by atoms with van der Waals surface area (Å²) in [5.74, 6) is -0.485. The molecule has 0 spiro atoms. The van der Waals surface area contributed by atoms with E-state index in [9.17, 15) is 18.0 Å². The average Bonchev–Trinajstić information content (AvgIpc) is 3.11. The van der Waals surface area contributed by atoms with E-state index in [1.165, 1.54) is 18.2 Å². The third kappa shape index (κ3) is 5.15. The van der Waals surface area contributed by atoms with Gasteiger partial charge in [0.2, 0.25) is 5.95 Å². The fourth-order valence-electron chi connectivity index (χ4n) is 2.86. The second-order valence-electron chi connectivity index (χ2n) is 6.45. The third-order valence-electron chi connectivity index (χ3n) is 4.21. The van der Waals surface area contributed by atoms with Crippen molar-refractivity contribution in [3.8, 4) is 5.75 Å². The van der Waals surface area contributed by atoms with Crippen LogP contribution >= 0.6 is 15.9 Å². The lowest BCUT2D eigenvalue weighted by Gasteiger charge is -2.13. The summed E-state index contributed by atoms with van der Waals surface area (Å²) in [4.78, 5) is 19.8. The SMILES string of the molecule is O=C(Nc1ccc(Br)cc1)c1ccc2nc(Nc3ccccc3OC(F)(F)F)[nH]c2c1. The van der Waals surface area contributed by atoms with Gasteiger partial charge in [0.25, 0.3) is 5.91 Å². The molecule has 0 fully saturated rings. The summed E-state index contributed by atoms with van der Waals surface area (Å²) in [5.41, 5.74) is 2.21. The van der Waals surface area contributed by atoms with Crippen molar-refractivity contribution in [3.63, 3.8) is 0 Å². The van der Waals surface area contributed by atoms with E-state index in [0.29, 0.717) is 22.3 Å². The highest BCUT2D eigenvalue weighted by Gasteiger charge is 2.32. The van der Waals surface area contributed by atoms with Crippen molar-refractivity contribution in [3.05, 3.63) is 76.8 Å². The highest BCUT2D eigenvalue weighted by molar-refractivity contribution is 9.10. The highest BCUT2D eigenvalue weighted by atomic mass is 79.9. The van der Waals surface area contributed by atoms with E-state index < -0.39 is 6.36 Å². The molecule has 4 rings (SSSR count). The number of benzene rings is 3. The largest absolute Gasteiger partial charge is 0.573 e. The number of H-pyrrole nitrogens is 1. The Labute approximate surface area is 182 Å². The minimum atomic E-state index is -4.82. The van der Waals surface area contributed by atoms with Crippen LogP contribution in [0.5, 0.6) is 5.75 Å². The molecule has 3 aromatic carbocycles. The molecule has 0 saturated carbocycles. The number of alkyl halides is 3. The average molecular weight is 491 g/mol. The first-order valence-corrected chi connectivity index (χ1v) is 9.75.